The minimum atomic E-state index is 0.0762. The van der Waals surface area contributed by atoms with Crippen LogP contribution >= 0.6 is 12.2 Å². The number of benzene rings is 1. The summed E-state index contributed by atoms with van der Waals surface area (Å²) in [6.07, 6.45) is 1.83. The third-order valence-corrected chi connectivity index (χ3v) is 2.96. The molecule has 2 nitrogen and oxygen atoms in total. The van der Waals surface area contributed by atoms with Crippen LogP contribution < -0.4 is 0 Å². The third-order valence-electron chi connectivity index (χ3n) is 2.59. The maximum atomic E-state index is 12.0. The topological polar surface area (TPSA) is 22.0 Å². The molecule has 0 bridgehead atoms. The number of rotatable bonds is 3. The molecule has 0 saturated carbocycles. The Morgan fingerprint density at radius 2 is 1.88 bits per heavy atom. The van der Waals surface area contributed by atoms with Gasteiger partial charge in [-0.25, -0.2) is 0 Å². The molecule has 0 atom stereocenters. The number of carbonyl (C=O) groups is 1. The monoisotopic (exact) mass is 243 g/mol. The summed E-state index contributed by atoms with van der Waals surface area (Å²) in [5.74, 6) is 0.0762. The highest BCUT2D eigenvalue weighted by Crippen LogP contribution is 2.06. The number of nitrogens with zero attached hydrogens (tertiary/aromatic N) is 1. The Kier molecular flexibility index (Phi) is 3.49. The minimum Gasteiger partial charge on any atom is -0.331 e. The quantitative estimate of drug-likeness (QED) is 0.609. The van der Waals surface area contributed by atoms with Gasteiger partial charge in [0, 0.05) is 11.8 Å². The van der Waals surface area contributed by atoms with Gasteiger partial charge in [0.15, 0.2) is 5.78 Å². The first-order valence-electron chi connectivity index (χ1n) is 5.42. The molecule has 1 aromatic carbocycles. The normalized spacial score (nSPS) is 10.2. The van der Waals surface area contributed by atoms with E-state index in [-0.39, 0.29) is 5.78 Å². The number of aromatic nitrogens is 1. The van der Waals surface area contributed by atoms with Crippen molar-refractivity contribution in [2.75, 3.05) is 0 Å². The summed E-state index contributed by atoms with van der Waals surface area (Å²) < 4.78 is 2.45. The van der Waals surface area contributed by atoms with Gasteiger partial charge >= 0.3 is 0 Å². The van der Waals surface area contributed by atoms with Crippen LogP contribution in [0.1, 0.15) is 15.9 Å². The van der Waals surface area contributed by atoms with Crippen LogP contribution in [0.3, 0.4) is 0 Å². The molecule has 0 spiro atoms. The van der Waals surface area contributed by atoms with Gasteiger partial charge in [0.05, 0.1) is 6.54 Å². The van der Waals surface area contributed by atoms with Gasteiger partial charge in [-0.05, 0) is 19.1 Å². The van der Waals surface area contributed by atoms with Crippen molar-refractivity contribution in [2.24, 2.45) is 0 Å². The number of pyridine rings is 1. The molecule has 1 heterocycles. The van der Waals surface area contributed by atoms with E-state index < -0.39 is 0 Å². The predicted octanol–water partition coefficient (Wildman–Crippen LogP) is 3.41. The summed E-state index contributed by atoms with van der Waals surface area (Å²) in [6.45, 7) is 2.30. The van der Waals surface area contributed by atoms with E-state index in [9.17, 15) is 4.79 Å². The van der Waals surface area contributed by atoms with Crippen LogP contribution in [-0.2, 0) is 6.54 Å². The van der Waals surface area contributed by atoms with Crippen LogP contribution in [0.2, 0.25) is 0 Å². The first-order chi connectivity index (χ1) is 8.16. The molecule has 2 rings (SSSR count). The van der Waals surface area contributed by atoms with Gasteiger partial charge in [-0.15, -0.1) is 0 Å². The molecule has 0 amide bonds. The van der Waals surface area contributed by atoms with Crippen LogP contribution in [0, 0.1) is 11.6 Å². The summed E-state index contributed by atoms with van der Waals surface area (Å²) in [7, 11) is 0. The lowest BCUT2D eigenvalue weighted by Crippen LogP contribution is -2.10. The molecule has 0 saturated heterocycles. The maximum absolute atomic E-state index is 12.0. The van der Waals surface area contributed by atoms with Gasteiger partial charge in [-0.3, -0.25) is 4.79 Å². The van der Waals surface area contributed by atoms with Gasteiger partial charge in [0.2, 0.25) is 0 Å². The van der Waals surface area contributed by atoms with Gasteiger partial charge in [-0.1, -0.05) is 48.1 Å². The fourth-order valence-electron chi connectivity index (χ4n) is 1.58. The second-order valence-corrected chi connectivity index (χ2v) is 4.37. The van der Waals surface area contributed by atoms with E-state index in [1.54, 1.807) is 4.57 Å². The average Bonchev–Trinajstić information content (AvgIpc) is 2.33. The van der Waals surface area contributed by atoms with E-state index >= 15 is 0 Å². The molecule has 17 heavy (non-hydrogen) atoms. The first kappa shape index (κ1) is 11.7. The van der Waals surface area contributed by atoms with Crippen molar-refractivity contribution < 1.29 is 4.79 Å². The first-order valence-corrected chi connectivity index (χ1v) is 5.83. The van der Waals surface area contributed by atoms with Crippen molar-refractivity contribution in [1.29, 1.82) is 0 Å². The van der Waals surface area contributed by atoms with E-state index in [0.29, 0.717) is 11.2 Å². The summed E-state index contributed by atoms with van der Waals surface area (Å²) in [4.78, 5) is 12.0. The van der Waals surface area contributed by atoms with Crippen LogP contribution in [0.25, 0.3) is 0 Å². The molecule has 0 aliphatic carbocycles. The molecular weight excluding hydrogens is 230 g/mol. The van der Waals surface area contributed by atoms with Crippen molar-refractivity contribution in [2.45, 2.75) is 13.5 Å². The smallest absolute Gasteiger partial charge is 0.182 e. The lowest BCUT2D eigenvalue weighted by atomic mass is 10.1. The number of hydrogen-bond donors (Lipinski definition) is 0. The van der Waals surface area contributed by atoms with E-state index in [4.69, 9.17) is 12.2 Å². The Hall–Kier alpha value is -1.74. The van der Waals surface area contributed by atoms with Gasteiger partial charge < -0.3 is 4.57 Å². The molecule has 0 aliphatic heterocycles. The molecule has 0 fully saturated rings. The van der Waals surface area contributed by atoms with Crippen molar-refractivity contribution in [3.63, 3.8) is 0 Å². The zero-order valence-electron chi connectivity index (χ0n) is 9.59. The third kappa shape index (κ3) is 2.88. The van der Waals surface area contributed by atoms with E-state index in [0.717, 1.165) is 11.1 Å². The van der Waals surface area contributed by atoms with E-state index in [1.807, 2.05) is 55.6 Å². The zero-order chi connectivity index (χ0) is 12.3. The van der Waals surface area contributed by atoms with Crippen molar-refractivity contribution >= 4 is 18.0 Å². The maximum Gasteiger partial charge on any atom is 0.182 e. The molecule has 0 aliphatic rings. The number of aryl methyl sites for hydroxylation is 1. The Labute approximate surface area is 106 Å². The predicted molar refractivity (Wildman–Crippen MR) is 70.8 cm³/mol. The summed E-state index contributed by atoms with van der Waals surface area (Å²) >= 11 is 5.15. The fraction of sp³-hybridized carbons (Fsp3) is 0.143. The number of hydrogen-bond acceptors (Lipinski definition) is 2. The molecule has 0 unspecified atom stereocenters. The second kappa shape index (κ2) is 5.06. The van der Waals surface area contributed by atoms with Gasteiger partial charge in [-0.2, -0.15) is 0 Å². The minimum absolute atomic E-state index is 0.0762. The van der Waals surface area contributed by atoms with Crippen LogP contribution in [0.15, 0.2) is 48.7 Å². The molecule has 1 aromatic heterocycles. The lowest BCUT2D eigenvalue weighted by Gasteiger charge is -2.05. The Morgan fingerprint density at radius 1 is 1.18 bits per heavy atom. The largest absolute Gasteiger partial charge is 0.331 e. The molecular formula is C14H13NOS. The molecule has 86 valence electrons. The van der Waals surface area contributed by atoms with Crippen LogP contribution in [0.4, 0.5) is 0 Å². The van der Waals surface area contributed by atoms with Gasteiger partial charge in [0.25, 0.3) is 0 Å². The Bertz CT molecular complexity index is 584. The Balaban J connectivity index is 2.20. The Morgan fingerprint density at radius 3 is 2.53 bits per heavy atom. The van der Waals surface area contributed by atoms with Gasteiger partial charge in [0.1, 0.15) is 4.64 Å². The SMILES string of the molecule is Cc1ccc(C(=O)Cn2ccccc2=S)cc1. The molecule has 3 heteroatoms. The summed E-state index contributed by atoms with van der Waals surface area (Å²) in [5, 5.41) is 0. The van der Waals surface area contributed by atoms with E-state index in [2.05, 4.69) is 0 Å². The van der Waals surface area contributed by atoms with Crippen molar-refractivity contribution in [3.05, 3.63) is 64.4 Å². The number of ketones is 1. The summed E-state index contributed by atoms with van der Waals surface area (Å²) in [5.41, 5.74) is 1.87. The van der Waals surface area contributed by atoms with Crippen LogP contribution in [0.5, 0.6) is 0 Å². The van der Waals surface area contributed by atoms with Crippen LogP contribution in [-0.4, -0.2) is 10.4 Å². The van der Waals surface area contributed by atoms with Crippen molar-refractivity contribution in [3.8, 4) is 0 Å². The standard InChI is InChI=1S/C14H13NOS/c1-11-5-7-12(8-6-11)13(16)10-15-9-3-2-4-14(15)17/h2-9H,10H2,1H3. The van der Waals surface area contributed by atoms with E-state index in [1.165, 1.54) is 0 Å². The average molecular weight is 243 g/mol. The summed E-state index contributed by atoms with van der Waals surface area (Å²) in [6, 6.07) is 13.1. The fourth-order valence-corrected chi connectivity index (χ4v) is 1.78. The van der Waals surface area contributed by atoms with Crippen molar-refractivity contribution in [1.82, 2.24) is 4.57 Å². The second-order valence-electron chi connectivity index (χ2n) is 3.96. The lowest BCUT2D eigenvalue weighted by molar-refractivity contribution is 0.0971. The zero-order valence-corrected chi connectivity index (χ0v) is 10.4. The molecule has 0 N–H and O–H groups in total. The molecule has 0 radical (unpaired) electrons. The number of carbonyl (C=O) groups excluding carboxylic acids is 1. The highest BCUT2D eigenvalue weighted by Gasteiger charge is 2.05. The number of Topliss-reactive ketones (excluding diaryl/α,β-unsaturated/α-hetero) is 1. The highest BCUT2D eigenvalue weighted by molar-refractivity contribution is 7.71. The molecule has 2 aromatic rings. The highest BCUT2D eigenvalue weighted by atomic mass is 32.1.